The maximum absolute atomic E-state index is 13.4. The van der Waals surface area contributed by atoms with Crippen molar-refractivity contribution in [2.45, 2.75) is 320 Å². The van der Waals surface area contributed by atoms with Gasteiger partial charge in [0, 0.05) is 6.42 Å². The summed E-state index contributed by atoms with van der Waals surface area (Å²) in [6.07, 6.45) is 46.1. The van der Waals surface area contributed by atoms with E-state index < -0.39 is 67.4 Å². The fourth-order valence-corrected chi connectivity index (χ4v) is 9.27. The molecule has 1 amide bonds. The molecule has 8 atom stereocenters. The van der Waals surface area contributed by atoms with Crippen LogP contribution in [0.4, 0.5) is 0 Å². The van der Waals surface area contributed by atoms with Crippen LogP contribution in [0.15, 0.2) is 36.5 Å². The monoisotopic (exact) mass is 1010 g/mol. The highest BCUT2D eigenvalue weighted by Crippen LogP contribution is 2.26. The lowest BCUT2D eigenvalue weighted by atomic mass is 9.99. The molecule has 0 bridgehead atoms. The number of amides is 1. The number of hydrogen-bond acceptors (Lipinski definition) is 10. The van der Waals surface area contributed by atoms with Crippen molar-refractivity contribution in [3.8, 4) is 0 Å². The van der Waals surface area contributed by atoms with Crippen LogP contribution in [0.2, 0.25) is 0 Å². The van der Waals surface area contributed by atoms with Crippen LogP contribution in [-0.2, 0) is 23.8 Å². The third-order valence-electron chi connectivity index (χ3n) is 14.0. The molecule has 0 aromatic carbocycles. The third-order valence-corrected chi connectivity index (χ3v) is 14.0. The minimum Gasteiger partial charge on any atom is -0.454 e. The second-order valence-electron chi connectivity index (χ2n) is 20.7. The number of aliphatic hydroxyl groups excluding tert-OH is 5. The molecule has 0 saturated carbocycles. The van der Waals surface area contributed by atoms with Crippen LogP contribution in [0.1, 0.15) is 271 Å². The quantitative estimate of drug-likeness (QED) is 0.0195. The van der Waals surface area contributed by atoms with Crippen molar-refractivity contribution in [3.05, 3.63) is 36.5 Å². The van der Waals surface area contributed by atoms with Crippen molar-refractivity contribution in [1.29, 1.82) is 0 Å². The summed E-state index contributed by atoms with van der Waals surface area (Å²) in [5, 5.41) is 56.8. The van der Waals surface area contributed by atoms with Crippen molar-refractivity contribution in [2.24, 2.45) is 0 Å². The lowest BCUT2D eigenvalue weighted by Gasteiger charge is -2.41. The summed E-state index contributed by atoms with van der Waals surface area (Å²) in [6, 6.07) is -1.02. The Bertz CT molecular complexity index is 1290. The zero-order chi connectivity index (χ0) is 51.8. The van der Waals surface area contributed by atoms with E-state index in [0.29, 0.717) is 12.8 Å². The number of carbonyl (C=O) groups is 2. The van der Waals surface area contributed by atoms with Gasteiger partial charge in [0.25, 0.3) is 0 Å². The lowest BCUT2D eigenvalue weighted by molar-refractivity contribution is -0.305. The minimum atomic E-state index is -1.61. The third kappa shape index (κ3) is 37.3. The van der Waals surface area contributed by atoms with E-state index in [1.165, 1.54) is 141 Å². The highest BCUT2D eigenvalue weighted by atomic mass is 16.7. The van der Waals surface area contributed by atoms with Crippen LogP contribution < -0.4 is 5.32 Å². The number of allylic oxidation sites excluding steroid dienone is 5. The van der Waals surface area contributed by atoms with E-state index >= 15 is 0 Å². The van der Waals surface area contributed by atoms with Gasteiger partial charge >= 0.3 is 5.97 Å². The average molecular weight is 1010 g/mol. The molecule has 1 aliphatic heterocycles. The summed E-state index contributed by atoms with van der Waals surface area (Å²) < 4.78 is 17.6. The largest absolute Gasteiger partial charge is 0.454 e. The molecule has 71 heavy (non-hydrogen) atoms. The summed E-state index contributed by atoms with van der Waals surface area (Å²) in [5.41, 5.74) is 0. The van der Waals surface area contributed by atoms with Crippen LogP contribution in [-0.4, -0.2) is 99.6 Å². The van der Waals surface area contributed by atoms with Gasteiger partial charge in [0.05, 0.1) is 25.4 Å². The molecule has 11 nitrogen and oxygen atoms in total. The highest BCUT2D eigenvalue weighted by molar-refractivity contribution is 5.80. The summed E-state index contributed by atoms with van der Waals surface area (Å²) in [5.74, 6) is -1.19. The van der Waals surface area contributed by atoms with Crippen LogP contribution in [0.3, 0.4) is 0 Å². The first-order valence-electron chi connectivity index (χ1n) is 29.8. The molecule has 0 aromatic rings. The summed E-state index contributed by atoms with van der Waals surface area (Å²) in [7, 11) is 0. The maximum Gasteiger partial charge on any atom is 0.306 e. The molecule has 11 heteroatoms. The number of esters is 1. The van der Waals surface area contributed by atoms with Crippen molar-refractivity contribution in [3.63, 3.8) is 0 Å². The number of hydrogen-bond donors (Lipinski definition) is 6. The molecular formula is C60H111NO10. The van der Waals surface area contributed by atoms with Gasteiger partial charge in [-0.05, 0) is 57.8 Å². The zero-order valence-corrected chi connectivity index (χ0v) is 45.9. The predicted molar refractivity (Wildman–Crippen MR) is 292 cm³/mol. The summed E-state index contributed by atoms with van der Waals surface area (Å²) in [4.78, 5) is 26.5. The van der Waals surface area contributed by atoms with Gasteiger partial charge in [-0.15, -0.1) is 0 Å². The first-order chi connectivity index (χ1) is 34.7. The fraction of sp³-hybridized carbons (Fsp3) is 0.867. The molecule has 0 aliphatic carbocycles. The Morgan fingerprint density at radius 3 is 1.46 bits per heavy atom. The smallest absolute Gasteiger partial charge is 0.306 e. The first kappa shape index (κ1) is 66.9. The minimum absolute atomic E-state index is 0.127. The molecule has 1 heterocycles. The van der Waals surface area contributed by atoms with Crippen molar-refractivity contribution in [1.82, 2.24) is 5.32 Å². The Labute approximate surface area is 434 Å². The summed E-state index contributed by atoms with van der Waals surface area (Å²) >= 11 is 0. The summed E-state index contributed by atoms with van der Waals surface area (Å²) in [6.45, 7) is 5.76. The van der Waals surface area contributed by atoms with Gasteiger partial charge in [0.15, 0.2) is 12.4 Å². The van der Waals surface area contributed by atoms with Crippen molar-refractivity contribution < 1.29 is 49.3 Å². The molecule has 416 valence electrons. The molecule has 0 radical (unpaired) electrons. The van der Waals surface area contributed by atoms with Crippen LogP contribution in [0, 0.1) is 0 Å². The highest BCUT2D eigenvalue weighted by Gasteiger charge is 2.47. The first-order valence-corrected chi connectivity index (χ1v) is 29.8. The second-order valence-corrected chi connectivity index (χ2v) is 20.7. The van der Waals surface area contributed by atoms with Gasteiger partial charge < -0.3 is 45.1 Å². The lowest BCUT2D eigenvalue weighted by Crippen LogP contribution is -2.61. The molecule has 6 N–H and O–H groups in total. The Morgan fingerprint density at radius 2 is 0.972 bits per heavy atom. The average Bonchev–Trinajstić information content (AvgIpc) is 3.37. The van der Waals surface area contributed by atoms with E-state index in [1.807, 2.05) is 6.08 Å². The second kappa shape index (κ2) is 48.8. The van der Waals surface area contributed by atoms with Gasteiger partial charge in [-0.1, -0.05) is 243 Å². The Hall–Kier alpha value is -2.12. The predicted octanol–water partition coefficient (Wildman–Crippen LogP) is 13.5. The normalized spacial score (nSPS) is 19.8. The van der Waals surface area contributed by atoms with E-state index in [4.69, 9.17) is 14.2 Å². The zero-order valence-electron chi connectivity index (χ0n) is 45.9. The number of rotatable bonds is 50. The van der Waals surface area contributed by atoms with Crippen molar-refractivity contribution >= 4 is 11.9 Å². The number of carbonyl (C=O) groups excluding carboxylic acids is 2. The SMILES string of the molecule is CCCCC/C=C\C/C=C\CCCCCCCCC(O)C(=O)NC(COC1OC(CO)C(O)C(O)C1OC(=O)CCCCCCCCCCCCCCCCC)C(O)/C=C/CCCCCCCCCCC. The number of aliphatic hydroxyl groups is 5. The Balaban J connectivity index is 2.70. The van der Waals surface area contributed by atoms with Gasteiger partial charge in [-0.3, -0.25) is 9.59 Å². The number of unbranched alkanes of at least 4 members (excludes halogenated alkanes) is 32. The number of ether oxygens (including phenoxy) is 3. The van der Waals surface area contributed by atoms with E-state index in [0.717, 1.165) is 83.5 Å². The molecular weight excluding hydrogens is 895 g/mol. The fourth-order valence-electron chi connectivity index (χ4n) is 9.27. The number of nitrogens with one attached hydrogen (secondary N) is 1. The van der Waals surface area contributed by atoms with Crippen LogP contribution >= 0.6 is 0 Å². The van der Waals surface area contributed by atoms with E-state index in [2.05, 4.69) is 50.4 Å². The molecule has 8 unspecified atom stereocenters. The van der Waals surface area contributed by atoms with Gasteiger partial charge in [0.1, 0.15) is 24.4 Å². The topological polar surface area (TPSA) is 175 Å². The van der Waals surface area contributed by atoms with Crippen molar-refractivity contribution in [2.75, 3.05) is 13.2 Å². The van der Waals surface area contributed by atoms with E-state index in [1.54, 1.807) is 6.08 Å². The molecule has 1 aliphatic rings. The van der Waals surface area contributed by atoms with E-state index in [-0.39, 0.29) is 19.4 Å². The van der Waals surface area contributed by atoms with Crippen LogP contribution in [0.25, 0.3) is 0 Å². The molecule has 1 saturated heterocycles. The maximum atomic E-state index is 13.4. The van der Waals surface area contributed by atoms with Gasteiger partial charge in [0.2, 0.25) is 5.91 Å². The molecule has 1 rings (SSSR count). The van der Waals surface area contributed by atoms with Gasteiger partial charge in [-0.2, -0.15) is 0 Å². The Morgan fingerprint density at radius 1 is 0.549 bits per heavy atom. The van der Waals surface area contributed by atoms with E-state index in [9.17, 15) is 35.1 Å². The molecule has 1 fully saturated rings. The Kier molecular flexibility index (Phi) is 46.0. The molecule has 0 spiro atoms. The van der Waals surface area contributed by atoms with Gasteiger partial charge in [-0.25, -0.2) is 0 Å². The van der Waals surface area contributed by atoms with Crippen LogP contribution in [0.5, 0.6) is 0 Å². The molecule has 0 aromatic heterocycles. The standard InChI is InChI=1S/C60H111NO10/c1-4-7-10-13-16-19-22-24-26-28-29-32-35-38-41-44-47-53(64)59(68)61-51(52(63)46-43-40-37-34-31-21-18-15-12-9-6-3)50-69-60-58(57(67)56(66)54(49-62)70-60)71-55(65)48-45-42-39-36-33-30-27-25-23-20-17-14-11-8-5-2/h16,19,24,26,43,46,51-54,56-58,60,62-64,66-67H,4-15,17-18,20-23,25,27-42,44-45,47-50H2,1-3H3,(H,61,68)/b19-16-,26-24-,46-43+.